The Labute approximate surface area is 155 Å². The average Bonchev–Trinajstić information content (AvgIpc) is 2.63. The summed E-state index contributed by atoms with van der Waals surface area (Å²) in [4.78, 5) is 18.3. The van der Waals surface area contributed by atoms with Gasteiger partial charge in [-0.25, -0.2) is 4.79 Å². The van der Waals surface area contributed by atoms with E-state index in [1.165, 1.54) is 22.3 Å². The molecule has 1 aromatic heterocycles. The normalized spacial score (nSPS) is 14.9. The highest BCUT2D eigenvalue weighted by molar-refractivity contribution is 5.82. The lowest BCUT2D eigenvalue weighted by atomic mass is 9.89. The second-order valence-electron chi connectivity index (χ2n) is 7.55. The molecule has 0 radical (unpaired) electrons. The number of benzene rings is 1. The first-order valence-electron chi connectivity index (χ1n) is 9.10. The van der Waals surface area contributed by atoms with Crippen molar-refractivity contribution >= 4 is 11.7 Å². The first-order valence-corrected chi connectivity index (χ1v) is 9.10. The highest BCUT2D eigenvalue weighted by Crippen LogP contribution is 2.32. The van der Waals surface area contributed by atoms with Gasteiger partial charge in [-0.05, 0) is 62.4 Å². The van der Waals surface area contributed by atoms with Crippen LogP contribution in [0.4, 0.5) is 4.79 Å². The third kappa shape index (κ3) is 4.51. The molecule has 0 N–H and O–H groups in total. The second kappa shape index (κ2) is 7.73. The maximum absolute atomic E-state index is 12.3. The molecule has 1 aromatic carbocycles. The van der Waals surface area contributed by atoms with Crippen molar-refractivity contribution in [3.8, 4) is 0 Å². The number of carbonyl (C=O) groups excluding carboxylic acids is 1. The van der Waals surface area contributed by atoms with Crippen LogP contribution in [0, 0.1) is 0 Å². The topological polar surface area (TPSA) is 42.4 Å². The van der Waals surface area contributed by atoms with Crippen LogP contribution in [0.25, 0.3) is 5.57 Å². The standard InChI is InChI=1S/C22H26N2O2/c1-22(2,3)26-21(25)24-15-11-19(12-16-24)20(17-7-5-4-6-8-17)18-9-13-23-14-10-18/h4-10,13-14H,11-12,15-16H2,1-3H3. The van der Waals surface area contributed by atoms with Crippen LogP contribution in [0.5, 0.6) is 0 Å². The Morgan fingerprint density at radius 3 is 2.12 bits per heavy atom. The van der Waals surface area contributed by atoms with E-state index in [9.17, 15) is 4.79 Å². The molecule has 2 heterocycles. The van der Waals surface area contributed by atoms with Gasteiger partial charge in [0.2, 0.25) is 0 Å². The van der Waals surface area contributed by atoms with Gasteiger partial charge in [-0.2, -0.15) is 0 Å². The van der Waals surface area contributed by atoms with E-state index in [1.807, 2.05) is 44.1 Å². The number of ether oxygens (including phenoxy) is 1. The third-order valence-corrected chi connectivity index (χ3v) is 4.40. The number of hydrogen-bond acceptors (Lipinski definition) is 3. The van der Waals surface area contributed by atoms with Crippen LogP contribution in [-0.2, 0) is 4.74 Å². The lowest BCUT2D eigenvalue weighted by Gasteiger charge is -2.32. The summed E-state index contributed by atoms with van der Waals surface area (Å²) in [5.74, 6) is 0. The number of carbonyl (C=O) groups is 1. The van der Waals surface area contributed by atoms with E-state index in [-0.39, 0.29) is 6.09 Å². The van der Waals surface area contributed by atoms with Gasteiger partial charge < -0.3 is 9.64 Å². The van der Waals surface area contributed by atoms with Gasteiger partial charge in [-0.3, -0.25) is 4.98 Å². The van der Waals surface area contributed by atoms with E-state index in [2.05, 4.69) is 41.4 Å². The van der Waals surface area contributed by atoms with Crippen LogP contribution < -0.4 is 0 Å². The SMILES string of the molecule is CC(C)(C)OC(=O)N1CCC(=C(c2ccccc2)c2ccncc2)CC1. The summed E-state index contributed by atoms with van der Waals surface area (Å²) in [5.41, 5.74) is 4.56. The summed E-state index contributed by atoms with van der Waals surface area (Å²) in [5, 5.41) is 0. The average molecular weight is 350 g/mol. The number of nitrogens with zero attached hydrogens (tertiary/aromatic N) is 2. The van der Waals surface area contributed by atoms with Crippen molar-refractivity contribution < 1.29 is 9.53 Å². The zero-order valence-corrected chi connectivity index (χ0v) is 15.7. The second-order valence-corrected chi connectivity index (χ2v) is 7.55. The van der Waals surface area contributed by atoms with Crippen LogP contribution in [0.1, 0.15) is 44.7 Å². The first kappa shape index (κ1) is 18.2. The van der Waals surface area contributed by atoms with E-state index in [4.69, 9.17) is 4.74 Å². The molecule has 1 amide bonds. The van der Waals surface area contributed by atoms with Crippen LogP contribution >= 0.6 is 0 Å². The number of likely N-dealkylation sites (tertiary alicyclic amines) is 1. The number of rotatable bonds is 2. The van der Waals surface area contributed by atoms with E-state index in [1.54, 1.807) is 0 Å². The van der Waals surface area contributed by atoms with Gasteiger partial charge in [0.1, 0.15) is 5.60 Å². The number of pyridine rings is 1. The maximum atomic E-state index is 12.3. The van der Waals surface area contributed by atoms with Crippen molar-refractivity contribution in [2.75, 3.05) is 13.1 Å². The van der Waals surface area contributed by atoms with Crippen LogP contribution in [0.15, 0.2) is 60.4 Å². The van der Waals surface area contributed by atoms with E-state index in [0.717, 1.165) is 12.8 Å². The molecule has 1 fully saturated rings. The largest absolute Gasteiger partial charge is 0.444 e. The van der Waals surface area contributed by atoms with E-state index < -0.39 is 5.60 Å². The molecule has 0 unspecified atom stereocenters. The lowest BCUT2D eigenvalue weighted by molar-refractivity contribution is 0.0236. The Balaban J connectivity index is 1.84. The number of hydrogen-bond donors (Lipinski definition) is 0. The predicted molar refractivity (Wildman–Crippen MR) is 104 cm³/mol. The molecule has 136 valence electrons. The Morgan fingerprint density at radius 1 is 0.962 bits per heavy atom. The van der Waals surface area contributed by atoms with Gasteiger partial charge >= 0.3 is 6.09 Å². The fourth-order valence-corrected chi connectivity index (χ4v) is 3.23. The number of aromatic nitrogens is 1. The molecule has 26 heavy (non-hydrogen) atoms. The number of piperidine rings is 1. The Bertz CT molecular complexity index is 725. The molecule has 0 bridgehead atoms. The zero-order valence-electron chi connectivity index (χ0n) is 15.7. The summed E-state index contributed by atoms with van der Waals surface area (Å²) >= 11 is 0. The molecular formula is C22H26N2O2. The van der Waals surface area contributed by atoms with Gasteiger partial charge in [0, 0.05) is 25.5 Å². The molecule has 1 aliphatic heterocycles. The van der Waals surface area contributed by atoms with Gasteiger partial charge in [-0.15, -0.1) is 0 Å². The lowest BCUT2D eigenvalue weighted by Crippen LogP contribution is -2.40. The van der Waals surface area contributed by atoms with Crippen molar-refractivity contribution in [3.05, 3.63) is 71.6 Å². The minimum atomic E-state index is -0.459. The fourth-order valence-electron chi connectivity index (χ4n) is 3.23. The maximum Gasteiger partial charge on any atom is 0.410 e. The van der Waals surface area contributed by atoms with Gasteiger partial charge in [-0.1, -0.05) is 35.9 Å². The molecule has 0 aliphatic carbocycles. The van der Waals surface area contributed by atoms with Crippen molar-refractivity contribution in [2.45, 2.75) is 39.2 Å². The molecule has 0 atom stereocenters. The van der Waals surface area contributed by atoms with Crippen molar-refractivity contribution in [1.82, 2.24) is 9.88 Å². The molecule has 0 saturated carbocycles. The molecule has 0 spiro atoms. The van der Waals surface area contributed by atoms with Gasteiger partial charge in [0.05, 0.1) is 0 Å². The zero-order chi connectivity index (χ0) is 18.6. The fraction of sp³-hybridized carbons (Fsp3) is 0.364. The molecular weight excluding hydrogens is 324 g/mol. The predicted octanol–water partition coefficient (Wildman–Crippen LogP) is 4.91. The minimum Gasteiger partial charge on any atom is -0.444 e. The molecule has 3 rings (SSSR count). The summed E-state index contributed by atoms with van der Waals surface area (Å²) in [6, 6.07) is 14.5. The highest BCUT2D eigenvalue weighted by atomic mass is 16.6. The smallest absolute Gasteiger partial charge is 0.410 e. The molecule has 1 aliphatic rings. The molecule has 1 saturated heterocycles. The van der Waals surface area contributed by atoms with E-state index in [0.29, 0.717) is 13.1 Å². The first-order chi connectivity index (χ1) is 12.4. The molecule has 4 nitrogen and oxygen atoms in total. The van der Waals surface area contributed by atoms with Crippen LogP contribution in [0.3, 0.4) is 0 Å². The Hall–Kier alpha value is -2.62. The Morgan fingerprint density at radius 2 is 1.54 bits per heavy atom. The van der Waals surface area contributed by atoms with Crippen molar-refractivity contribution in [1.29, 1.82) is 0 Å². The van der Waals surface area contributed by atoms with Gasteiger partial charge in [0.25, 0.3) is 0 Å². The highest BCUT2D eigenvalue weighted by Gasteiger charge is 2.26. The van der Waals surface area contributed by atoms with E-state index >= 15 is 0 Å². The van der Waals surface area contributed by atoms with Crippen LogP contribution in [-0.4, -0.2) is 34.7 Å². The van der Waals surface area contributed by atoms with Crippen LogP contribution in [0.2, 0.25) is 0 Å². The number of amides is 1. The van der Waals surface area contributed by atoms with Crippen molar-refractivity contribution in [3.63, 3.8) is 0 Å². The molecule has 2 aromatic rings. The van der Waals surface area contributed by atoms with Crippen molar-refractivity contribution in [2.24, 2.45) is 0 Å². The summed E-state index contributed by atoms with van der Waals surface area (Å²) in [7, 11) is 0. The van der Waals surface area contributed by atoms with Gasteiger partial charge in [0.15, 0.2) is 0 Å². The monoisotopic (exact) mass is 350 g/mol. The minimum absolute atomic E-state index is 0.221. The quantitative estimate of drug-likeness (QED) is 0.772. The summed E-state index contributed by atoms with van der Waals surface area (Å²) < 4.78 is 5.50. The Kier molecular flexibility index (Phi) is 5.40. The molecule has 4 heteroatoms. The summed E-state index contributed by atoms with van der Waals surface area (Å²) in [6.07, 6.45) is 5.14. The third-order valence-electron chi connectivity index (χ3n) is 4.40. The summed E-state index contributed by atoms with van der Waals surface area (Å²) in [6.45, 7) is 7.07.